The Kier molecular flexibility index (Phi) is 33.9. The quantitative estimate of drug-likeness (QED) is 0.0421. The topological polar surface area (TPSA) is 0 Å². The fourth-order valence-electron chi connectivity index (χ4n) is 4.79. The first-order valence-electron chi connectivity index (χ1n) is 15.0. The van der Waals surface area contributed by atoms with Crippen molar-refractivity contribution in [3.8, 4) is 0 Å². The second kappa shape index (κ2) is 32.5. The van der Waals surface area contributed by atoms with Crippen LogP contribution in [0.25, 0.3) is 0 Å². The normalized spacial score (nSPS) is 11.4. The molecule has 0 atom stereocenters. The van der Waals surface area contributed by atoms with Crippen LogP contribution in [0.5, 0.6) is 0 Å². The Morgan fingerprint density at radius 2 is 0.250 bits per heavy atom. The molecule has 0 amide bonds. The Labute approximate surface area is 232 Å². The van der Waals surface area contributed by atoms with Gasteiger partial charge in [-0.3, -0.25) is 0 Å². The zero-order chi connectivity index (χ0) is 23.2. The molecule has 0 fully saturated rings. The minimum Gasteiger partial charge on any atom is -0.0864 e. The van der Waals surface area contributed by atoms with Crippen LogP contribution in [0.1, 0.15) is 180 Å². The second-order valence-electron chi connectivity index (χ2n) is 10.3. The van der Waals surface area contributed by atoms with Crippen molar-refractivity contribution < 1.29 is 0 Å². The summed E-state index contributed by atoms with van der Waals surface area (Å²) in [5.74, 6) is 0. The monoisotopic (exact) mass is 674 g/mol. The maximum absolute atomic E-state index is 2.50. The van der Waals surface area contributed by atoms with Crippen LogP contribution in [0.3, 0.4) is 0 Å². The highest BCUT2D eigenvalue weighted by Gasteiger charge is 1.96. The molecule has 0 rings (SSSR count). The Morgan fingerprint density at radius 3 is 0.344 bits per heavy atom. The molecule has 194 valence electrons. The van der Waals surface area contributed by atoms with Crippen LogP contribution in [0.2, 0.25) is 0 Å². The molecule has 0 saturated carbocycles. The van der Waals surface area contributed by atoms with Gasteiger partial charge >= 0.3 is 0 Å². The van der Waals surface area contributed by atoms with E-state index in [2.05, 4.69) is 45.2 Å². The predicted molar refractivity (Wildman–Crippen MR) is 167 cm³/mol. The lowest BCUT2D eigenvalue weighted by Gasteiger charge is -2.04. The van der Waals surface area contributed by atoms with Crippen LogP contribution in [0, 0.1) is 0 Å². The van der Waals surface area contributed by atoms with Crippen LogP contribution in [0.15, 0.2) is 0 Å². The first-order valence-corrected chi connectivity index (χ1v) is 18.1. The second-order valence-corrected chi connectivity index (χ2v) is 12.4. The van der Waals surface area contributed by atoms with E-state index in [9.17, 15) is 0 Å². The van der Waals surface area contributed by atoms with E-state index in [0.29, 0.717) is 0 Å². The van der Waals surface area contributed by atoms with E-state index in [1.807, 2.05) is 0 Å². The largest absolute Gasteiger partial charge is 0.0864 e. The smallest absolute Gasteiger partial charge is 0.000473 e. The highest BCUT2D eigenvalue weighted by atomic mass is 127. The zero-order valence-corrected chi connectivity index (χ0v) is 26.3. The van der Waals surface area contributed by atoms with Gasteiger partial charge in [0.05, 0.1) is 0 Å². The molecule has 0 unspecified atom stereocenters. The summed E-state index contributed by atoms with van der Waals surface area (Å²) >= 11 is 5.00. The van der Waals surface area contributed by atoms with Crippen LogP contribution in [-0.2, 0) is 0 Å². The maximum atomic E-state index is 2.50. The fraction of sp³-hybridized carbons (Fsp3) is 1.00. The van der Waals surface area contributed by atoms with Gasteiger partial charge in [-0.1, -0.05) is 212 Å². The molecular weight excluding hydrogens is 614 g/mol. The molecule has 0 aliphatic carbocycles. The Bertz CT molecular complexity index is 275. The Hall–Kier alpha value is 1.46. The molecule has 0 spiro atoms. The standard InChI is InChI=1S/C30H60I2/c31-29-27-25-23-21-19-17-15-13-11-9-7-5-3-1-2-4-6-8-10-12-14-16-18-20-22-24-26-28-30-32/h1-30H2. The van der Waals surface area contributed by atoms with Crippen LogP contribution < -0.4 is 0 Å². The van der Waals surface area contributed by atoms with Crippen molar-refractivity contribution in [3.63, 3.8) is 0 Å². The van der Waals surface area contributed by atoms with Crippen LogP contribution >= 0.6 is 45.2 Å². The molecular formula is C30H60I2. The molecule has 0 N–H and O–H groups in total. The predicted octanol–water partition coefficient (Wildman–Crippen LogP) is 12.8. The summed E-state index contributed by atoms with van der Waals surface area (Å²) in [6.07, 6.45) is 41.6. The van der Waals surface area contributed by atoms with Crippen molar-refractivity contribution in [1.29, 1.82) is 0 Å². The van der Waals surface area contributed by atoms with E-state index >= 15 is 0 Å². The highest BCUT2D eigenvalue weighted by Crippen LogP contribution is 2.16. The van der Waals surface area contributed by atoms with Gasteiger partial charge in [-0.2, -0.15) is 0 Å². The molecule has 0 aromatic heterocycles. The number of rotatable bonds is 29. The number of unbranched alkanes of at least 4 members (excludes halogenated alkanes) is 27. The lowest BCUT2D eigenvalue weighted by Crippen LogP contribution is -1.85. The fourth-order valence-corrected chi connectivity index (χ4v) is 5.86. The van der Waals surface area contributed by atoms with Crippen LogP contribution in [0.4, 0.5) is 0 Å². The summed E-state index contributed by atoms with van der Waals surface area (Å²) in [4.78, 5) is 0. The van der Waals surface area contributed by atoms with Crippen molar-refractivity contribution >= 4 is 45.2 Å². The SMILES string of the molecule is ICCCCCCCCCCCCCCCCCCCCCCCCCCCCCCI. The third-order valence-electron chi connectivity index (χ3n) is 7.02. The van der Waals surface area contributed by atoms with E-state index in [1.165, 1.54) is 189 Å². The summed E-state index contributed by atoms with van der Waals surface area (Å²) < 4.78 is 2.69. The van der Waals surface area contributed by atoms with Crippen molar-refractivity contribution in [2.75, 3.05) is 8.86 Å². The van der Waals surface area contributed by atoms with Crippen molar-refractivity contribution in [1.82, 2.24) is 0 Å². The Balaban J connectivity index is 2.98. The van der Waals surface area contributed by atoms with Gasteiger partial charge in [-0.15, -0.1) is 0 Å². The van der Waals surface area contributed by atoms with Gasteiger partial charge in [0.2, 0.25) is 0 Å². The summed E-state index contributed by atoms with van der Waals surface area (Å²) in [6.45, 7) is 0. The minimum atomic E-state index is 1.34. The van der Waals surface area contributed by atoms with Crippen molar-refractivity contribution in [2.24, 2.45) is 0 Å². The lowest BCUT2D eigenvalue weighted by molar-refractivity contribution is 0.514. The van der Waals surface area contributed by atoms with Gasteiger partial charge in [0.15, 0.2) is 0 Å². The third-order valence-corrected chi connectivity index (χ3v) is 8.54. The minimum absolute atomic E-state index is 1.34. The molecule has 0 aromatic carbocycles. The van der Waals surface area contributed by atoms with E-state index < -0.39 is 0 Å². The van der Waals surface area contributed by atoms with Gasteiger partial charge in [-0.25, -0.2) is 0 Å². The van der Waals surface area contributed by atoms with Gasteiger partial charge in [0.25, 0.3) is 0 Å². The molecule has 0 aliphatic heterocycles. The van der Waals surface area contributed by atoms with Gasteiger partial charge in [-0.05, 0) is 21.7 Å². The average Bonchev–Trinajstić information content (AvgIpc) is 2.81. The molecule has 0 aliphatic rings. The molecule has 32 heavy (non-hydrogen) atoms. The van der Waals surface area contributed by atoms with Crippen LogP contribution in [-0.4, -0.2) is 8.86 Å². The number of alkyl halides is 2. The third kappa shape index (κ3) is 31.5. The summed E-state index contributed by atoms with van der Waals surface area (Å²) in [6, 6.07) is 0. The molecule has 2 heteroatoms. The zero-order valence-electron chi connectivity index (χ0n) is 22.0. The first-order chi connectivity index (χ1) is 15.9. The molecule has 0 heterocycles. The van der Waals surface area contributed by atoms with Gasteiger partial charge in [0.1, 0.15) is 0 Å². The average molecular weight is 675 g/mol. The van der Waals surface area contributed by atoms with E-state index in [0.717, 1.165) is 0 Å². The molecule has 0 saturated heterocycles. The van der Waals surface area contributed by atoms with E-state index in [4.69, 9.17) is 0 Å². The number of hydrogen-bond donors (Lipinski definition) is 0. The highest BCUT2D eigenvalue weighted by molar-refractivity contribution is 14.1. The first kappa shape index (κ1) is 33.5. The van der Waals surface area contributed by atoms with E-state index in [-0.39, 0.29) is 0 Å². The van der Waals surface area contributed by atoms with Crippen molar-refractivity contribution in [3.05, 3.63) is 0 Å². The molecule has 0 radical (unpaired) electrons. The molecule has 0 bridgehead atoms. The van der Waals surface area contributed by atoms with Crippen molar-refractivity contribution in [2.45, 2.75) is 180 Å². The molecule has 0 nitrogen and oxygen atoms in total. The lowest BCUT2D eigenvalue weighted by atomic mass is 10.0. The number of hydrogen-bond acceptors (Lipinski definition) is 0. The molecule has 0 aromatic rings. The summed E-state index contributed by atoms with van der Waals surface area (Å²) in [5, 5.41) is 0. The van der Waals surface area contributed by atoms with Gasteiger partial charge in [0, 0.05) is 0 Å². The summed E-state index contributed by atoms with van der Waals surface area (Å²) in [5.41, 5.74) is 0. The maximum Gasteiger partial charge on any atom is -0.000473 e. The number of halogens is 2. The summed E-state index contributed by atoms with van der Waals surface area (Å²) in [7, 11) is 0. The van der Waals surface area contributed by atoms with E-state index in [1.54, 1.807) is 0 Å². The van der Waals surface area contributed by atoms with Gasteiger partial charge < -0.3 is 0 Å². The Morgan fingerprint density at radius 1 is 0.156 bits per heavy atom.